The summed E-state index contributed by atoms with van der Waals surface area (Å²) in [5.74, 6) is 0.372. The molecule has 0 unspecified atom stereocenters. The summed E-state index contributed by atoms with van der Waals surface area (Å²) in [4.78, 5) is 23.8. The molecule has 0 saturated carbocycles. The summed E-state index contributed by atoms with van der Waals surface area (Å²) >= 11 is 0. The molecule has 144 valence electrons. The molecule has 3 aromatic rings. The van der Waals surface area contributed by atoms with E-state index >= 15 is 0 Å². The van der Waals surface area contributed by atoms with Crippen LogP contribution in [0.1, 0.15) is 18.4 Å². The van der Waals surface area contributed by atoms with Crippen molar-refractivity contribution in [2.45, 2.75) is 12.8 Å². The number of carbonyl (C=O) groups excluding carboxylic acids is 2. The van der Waals surface area contributed by atoms with E-state index in [2.05, 4.69) is 15.4 Å². The van der Waals surface area contributed by atoms with E-state index in [1.54, 1.807) is 31.4 Å². The number of ether oxygens (including phenoxy) is 2. The number of anilines is 2. The van der Waals surface area contributed by atoms with Crippen molar-refractivity contribution < 1.29 is 19.1 Å². The van der Waals surface area contributed by atoms with Crippen molar-refractivity contribution in [3.8, 4) is 5.75 Å². The Labute approximate surface area is 163 Å². The molecule has 0 heterocycles. The van der Waals surface area contributed by atoms with Gasteiger partial charge in [0.25, 0.3) is 0 Å². The number of nitrogens with one attached hydrogen (secondary N) is 2. The first-order valence-corrected chi connectivity index (χ1v) is 8.84. The van der Waals surface area contributed by atoms with Crippen molar-refractivity contribution in [3.05, 3.63) is 66.2 Å². The molecule has 6 nitrogen and oxygen atoms in total. The van der Waals surface area contributed by atoms with Crippen LogP contribution in [0.4, 0.5) is 16.2 Å². The summed E-state index contributed by atoms with van der Waals surface area (Å²) in [6.45, 7) is 1.87. The average Bonchev–Trinajstić information content (AvgIpc) is 2.73. The van der Waals surface area contributed by atoms with Gasteiger partial charge in [-0.05, 0) is 59.7 Å². The largest absolute Gasteiger partial charge is 0.497 e. The molecule has 0 bridgehead atoms. The molecule has 28 heavy (non-hydrogen) atoms. The maximum Gasteiger partial charge on any atom is 0.411 e. The van der Waals surface area contributed by atoms with Crippen LogP contribution in [-0.4, -0.2) is 26.2 Å². The second-order valence-corrected chi connectivity index (χ2v) is 6.38. The fourth-order valence-corrected chi connectivity index (χ4v) is 2.85. The van der Waals surface area contributed by atoms with Crippen molar-refractivity contribution >= 4 is 34.1 Å². The Kier molecular flexibility index (Phi) is 5.79. The number of methoxy groups -OCH3 is 2. The molecule has 0 aromatic heterocycles. The van der Waals surface area contributed by atoms with Crippen LogP contribution >= 0.6 is 0 Å². The molecule has 6 heteroatoms. The van der Waals surface area contributed by atoms with E-state index in [0.717, 1.165) is 22.1 Å². The fraction of sp³-hybridized carbons (Fsp3) is 0.182. The number of fused-ring (bicyclic) bond motifs is 1. The van der Waals surface area contributed by atoms with Crippen LogP contribution in [-0.2, 0) is 9.53 Å². The highest BCUT2D eigenvalue weighted by Gasteiger charge is 2.16. The molecule has 2 amide bonds. The summed E-state index contributed by atoms with van der Waals surface area (Å²) < 4.78 is 9.79. The first kappa shape index (κ1) is 19.2. The minimum Gasteiger partial charge on any atom is -0.497 e. The second kappa shape index (κ2) is 8.43. The van der Waals surface area contributed by atoms with Crippen molar-refractivity contribution in [1.82, 2.24) is 0 Å². The van der Waals surface area contributed by atoms with Crippen LogP contribution in [0, 0.1) is 0 Å². The number of benzene rings is 3. The zero-order chi connectivity index (χ0) is 20.1. The van der Waals surface area contributed by atoms with Gasteiger partial charge >= 0.3 is 6.09 Å². The van der Waals surface area contributed by atoms with Gasteiger partial charge in [0.15, 0.2) is 0 Å². The van der Waals surface area contributed by atoms with E-state index in [4.69, 9.17) is 4.74 Å². The predicted octanol–water partition coefficient (Wildman–Crippen LogP) is 4.77. The van der Waals surface area contributed by atoms with E-state index in [0.29, 0.717) is 11.4 Å². The smallest absolute Gasteiger partial charge is 0.411 e. The minimum atomic E-state index is -0.542. The monoisotopic (exact) mass is 378 g/mol. The highest BCUT2D eigenvalue weighted by Crippen LogP contribution is 2.26. The number of hydrogen-bond acceptors (Lipinski definition) is 4. The first-order valence-electron chi connectivity index (χ1n) is 8.84. The van der Waals surface area contributed by atoms with Gasteiger partial charge in [-0.1, -0.05) is 24.3 Å². The third-order valence-corrected chi connectivity index (χ3v) is 4.55. The van der Waals surface area contributed by atoms with E-state index < -0.39 is 6.09 Å². The topological polar surface area (TPSA) is 76.7 Å². The van der Waals surface area contributed by atoms with E-state index in [9.17, 15) is 9.59 Å². The molecule has 0 aliphatic rings. The standard InChI is InChI=1S/C22H22N2O4/c1-14(15-4-5-17-13-20(27-2)11-6-16(17)12-15)21(25)23-18-7-9-19(10-8-18)24-22(26)28-3/h4-14H,1-3H3,(H,23,25)(H,24,26)/t14-/m0/s1. The van der Waals surface area contributed by atoms with Gasteiger partial charge < -0.3 is 14.8 Å². The Morgan fingerprint density at radius 2 is 1.43 bits per heavy atom. The lowest BCUT2D eigenvalue weighted by molar-refractivity contribution is -0.117. The van der Waals surface area contributed by atoms with Gasteiger partial charge in [0.1, 0.15) is 5.75 Å². The Morgan fingerprint density at radius 3 is 2.07 bits per heavy atom. The SMILES string of the molecule is COC(=O)Nc1ccc(NC(=O)[C@@H](C)c2ccc3cc(OC)ccc3c2)cc1. The van der Waals surface area contributed by atoms with Crippen LogP contribution in [0.15, 0.2) is 60.7 Å². The summed E-state index contributed by atoms with van der Waals surface area (Å²) in [6.07, 6.45) is -0.542. The third-order valence-electron chi connectivity index (χ3n) is 4.55. The molecule has 0 radical (unpaired) electrons. The molecule has 2 N–H and O–H groups in total. The Bertz CT molecular complexity index is 999. The molecular weight excluding hydrogens is 356 g/mol. The van der Waals surface area contributed by atoms with Crippen LogP contribution in [0.25, 0.3) is 10.8 Å². The molecule has 3 aromatic carbocycles. The quantitative estimate of drug-likeness (QED) is 0.670. The van der Waals surface area contributed by atoms with Crippen LogP contribution in [0.2, 0.25) is 0 Å². The highest BCUT2D eigenvalue weighted by atomic mass is 16.5. The van der Waals surface area contributed by atoms with Gasteiger partial charge in [-0.2, -0.15) is 0 Å². The summed E-state index contributed by atoms with van der Waals surface area (Å²) in [7, 11) is 2.94. The second-order valence-electron chi connectivity index (χ2n) is 6.38. The molecule has 0 spiro atoms. The maximum atomic E-state index is 12.6. The van der Waals surface area contributed by atoms with E-state index in [1.807, 2.05) is 43.3 Å². The Balaban J connectivity index is 1.70. The fourth-order valence-electron chi connectivity index (χ4n) is 2.85. The number of rotatable bonds is 5. The lowest BCUT2D eigenvalue weighted by Crippen LogP contribution is -2.19. The molecule has 1 atom stereocenters. The van der Waals surface area contributed by atoms with Crippen molar-refractivity contribution in [3.63, 3.8) is 0 Å². The molecule has 0 fully saturated rings. The molecule has 0 saturated heterocycles. The van der Waals surface area contributed by atoms with Gasteiger partial charge in [-0.25, -0.2) is 4.79 Å². The Hall–Kier alpha value is -3.54. The minimum absolute atomic E-state index is 0.110. The average molecular weight is 378 g/mol. The number of carbonyl (C=O) groups is 2. The highest BCUT2D eigenvalue weighted by molar-refractivity contribution is 5.97. The van der Waals surface area contributed by atoms with Gasteiger partial charge in [0, 0.05) is 11.4 Å². The maximum absolute atomic E-state index is 12.6. The van der Waals surface area contributed by atoms with Crippen molar-refractivity contribution in [2.24, 2.45) is 0 Å². The lowest BCUT2D eigenvalue weighted by atomic mass is 9.97. The predicted molar refractivity (Wildman–Crippen MR) is 110 cm³/mol. The van der Waals surface area contributed by atoms with Gasteiger partial charge in [-0.15, -0.1) is 0 Å². The van der Waals surface area contributed by atoms with Gasteiger partial charge in [0.2, 0.25) is 5.91 Å². The van der Waals surface area contributed by atoms with E-state index in [1.165, 1.54) is 7.11 Å². The third kappa shape index (κ3) is 4.40. The zero-order valence-corrected chi connectivity index (χ0v) is 16.0. The summed E-state index contributed by atoms with van der Waals surface area (Å²) in [6, 6.07) is 18.7. The summed E-state index contributed by atoms with van der Waals surface area (Å²) in [5.41, 5.74) is 2.17. The Morgan fingerprint density at radius 1 is 0.821 bits per heavy atom. The van der Waals surface area contributed by atoms with Crippen LogP contribution in [0.5, 0.6) is 5.75 Å². The van der Waals surface area contributed by atoms with Gasteiger partial charge in [-0.3, -0.25) is 10.1 Å². The zero-order valence-electron chi connectivity index (χ0n) is 16.0. The molecule has 3 rings (SSSR count). The summed E-state index contributed by atoms with van der Waals surface area (Å²) in [5, 5.41) is 7.57. The molecule has 0 aliphatic carbocycles. The first-order chi connectivity index (χ1) is 13.5. The lowest BCUT2D eigenvalue weighted by Gasteiger charge is -2.14. The molecule has 0 aliphatic heterocycles. The van der Waals surface area contributed by atoms with E-state index in [-0.39, 0.29) is 11.8 Å². The molecular formula is C22H22N2O4. The normalized spacial score (nSPS) is 11.5. The van der Waals surface area contributed by atoms with Gasteiger partial charge in [0.05, 0.1) is 20.1 Å². The van der Waals surface area contributed by atoms with Crippen molar-refractivity contribution in [2.75, 3.05) is 24.9 Å². The number of amides is 2. The van der Waals surface area contributed by atoms with Crippen molar-refractivity contribution in [1.29, 1.82) is 0 Å². The van der Waals surface area contributed by atoms with Crippen LogP contribution in [0.3, 0.4) is 0 Å². The number of hydrogen-bond donors (Lipinski definition) is 2. The van der Waals surface area contributed by atoms with Crippen LogP contribution < -0.4 is 15.4 Å².